The molecule has 0 aliphatic carbocycles. The van der Waals surface area contributed by atoms with Gasteiger partial charge >= 0.3 is 5.97 Å². The van der Waals surface area contributed by atoms with Crippen LogP contribution < -0.4 is 10.6 Å². The number of carbonyl (C=O) groups is 4. The van der Waals surface area contributed by atoms with Crippen molar-refractivity contribution >= 4 is 34.7 Å². The standard InChI is InChI=1S/C19H18N2O5S/c1-12(18(24)25)20-16(23)17(21-15(22)13-8-4-2-5-9-13)27-19(26)14-10-6-3-7-11-14/h2-12,17H,1H3,(H,20,23)(H,21,22)(H,24,25)/t12-,17?/m0/s1. The number of hydrogen-bond donors (Lipinski definition) is 3. The molecule has 3 N–H and O–H groups in total. The highest BCUT2D eigenvalue weighted by Crippen LogP contribution is 2.17. The summed E-state index contributed by atoms with van der Waals surface area (Å²) in [5.74, 6) is -2.55. The Morgan fingerprint density at radius 2 is 1.37 bits per heavy atom. The second kappa shape index (κ2) is 9.54. The molecular weight excluding hydrogens is 368 g/mol. The summed E-state index contributed by atoms with van der Waals surface area (Å²) >= 11 is 0.607. The fourth-order valence-corrected chi connectivity index (χ4v) is 2.87. The molecule has 1 unspecified atom stereocenters. The van der Waals surface area contributed by atoms with E-state index in [1.807, 2.05) is 0 Å². The molecule has 0 saturated heterocycles. The average molecular weight is 386 g/mol. The summed E-state index contributed by atoms with van der Waals surface area (Å²) in [6.07, 6.45) is 0. The Morgan fingerprint density at radius 3 is 1.89 bits per heavy atom. The number of carboxylic acids is 1. The number of carbonyl (C=O) groups excluding carboxylic acids is 3. The molecule has 2 atom stereocenters. The van der Waals surface area contributed by atoms with Crippen molar-refractivity contribution in [1.29, 1.82) is 0 Å². The van der Waals surface area contributed by atoms with Crippen LogP contribution in [0.1, 0.15) is 27.6 Å². The Morgan fingerprint density at radius 1 is 0.852 bits per heavy atom. The van der Waals surface area contributed by atoms with E-state index in [2.05, 4.69) is 10.6 Å². The van der Waals surface area contributed by atoms with Crippen LogP contribution in [-0.2, 0) is 9.59 Å². The minimum atomic E-state index is -1.28. The highest BCUT2D eigenvalue weighted by molar-refractivity contribution is 8.15. The van der Waals surface area contributed by atoms with Crippen molar-refractivity contribution < 1.29 is 24.3 Å². The van der Waals surface area contributed by atoms with E-state index < -0.39 is 34.3 Å². The summed E-state index contributed by atoms with van der Waals surface area (Å²) in [6.45, 7) is 1.29. The van der Waals surface area contributed by atoms with E-state index in [0.717, 1.165) is 0 Å². The maximum absolute atomic E-state index is 12.4. The van der Waals surface area contributed by atoms with Gasteiger partial charge in [0.15, 0.2) is 5.37 Å². The van der Waals surface area contributed by atoms with Crippen LogP contribution in [0.5, 0.6) is 0 Å². The Hall–Kier alpha value is -3.13. The average Bonchev–Trinajstić information content (AvgIpc) is 2.68. The Labute approximate surface area is 160 Å². The first-order valence-corrected chi connectivity index (χ1v) is 8.91. The van der Waals surface area contributed by atoms with E-state index >= 15 is 0 Å². The molecule has 0 aromatic heterocycles. The highest BCUT2D eigenvalue weighted by Gasteiger charge is 2.28. The number of carboxylic acid groups (broad SMARTS) is 1. The van der Waals surface area contributed by atoms with E-state index in [9.17, 15) is 19.2 Å². The molecule has 7 nitrogen and oxygen atoms in total. The molecule has 0 radical (unpaired) electrons. The number of benzene rings is 2. The van der Waals surface area contributed by atoms with Gasteiger partial charge in [0, 0.05) is 11.1 Å². The lowest BCUT2D eigenvalue weighted by atomic mass is 10.2. The smallest absolute Gasteiger partial charge is 0.325 e. The Balaban J connectivity index is 2.17. The fraction of sp³-hybridized carbons (Fsp3) is 0.158. The third-order valence-corrected chi connectivity index (χ3v) is 4.52. The molecule has 0 fully saturated rings. The lowest BCUT2D eigenvalue weighted by molar-refractivity contribution is -0.141. The van der Waals surface area contributed by atoms with E-state index in [1.165, 1.54) is 6.92 Å². The molecule has 0 bridgehead atoms. The van der Waals surface area contributed by atoms with Crippen LogP contribution in [0.25, 0.3) is 0 Å². The molecule has 0 aliphatic rings. The van der Waals surface area contributed by atoms with Gasteiger partial charge in [-0.2, -0.15) is 0 Å². The lowest BCUT2D eigenvalue weighted by Gasteiger charge is -2.19. The maximum Gasteiger partial charge on any atom is 0.325 e. The van der Waals surface area contributed by atoms with Gasteiger partial charge in [0.2, 0.25) is 5.12 Å². The Kier molecular flexibility index (Phi) is 7.13. The first-order valence-electron chi connectivity index (χ1n) is 8.03. The number of thioether (sulfide) groups is 1. The highest BCUT2D eigenvalue weighted by atomic mass is 32.2. The number of hydrogen-bond acceptors (Lipinski definition) is 5. The molecule has 2 amide bonds. The molecule has 0 spiro atoms. The van der Waals surface area contributed by atoms with Gasteiger partial charge in [-0.15, -0.1) is 0 Å². The quantitative estimate of drug-likeness (QED) is 0.627. The van der Waals surface area contributed by atoms with Crippen LogP contribution in [0.15, 0.2) is 60.7 Å². The minimum Gasteiger partial charge on any atom is -0.480 e. The van der Waals surface area contributed by atoms with Crippen LogP contribution >= 0.6 is 11.8 Å². The maximum atomic E-state index is 12.4. The summed E-state index contributed by atoms with van der Waals surface area (Å²) in [5, 5.41) is 12.0. The molecule has 2 rings (SSSR count). The SMILES string of the molecule is C[C@H](NC(=O)C(NC(=O)c1ccccc1)SC(=O)c1ccccc1)C(=O)O. The van der Waals surface area contributed by atoms with Crippen molar-refractivity contribution in [3.63, 3.8) is 0 Å². The van der Waals surface area contributed by atoms with Crippen LogP contribution in [0, 0.1) is 0 Å². The van der Waals surface area contributed by atoms with Gasteiger partial charge in [-0.1, -0.05) is 48.5 Å². The van der Waals surface area contributed by atoms with Gasteiger partial charge in [0.05, 0.1) is 0 Å². The molecule has 140 valence electrons. The molecular formula is C19H18N2O5S. The molecule has 0 aliphatic heterocycles. The van der Waals surface area contributed by atoms with Gasteiger partial charge in [0.1, 0.15) is 6.04 Å². The zero-order chi connectivity index (χ0) is 19.8. The van der Waals surface area contributed by atoms with Crippen LogP contribution in [0.2, 0.25) is 0 Å². The summed E-state index contributed by atoms with van der Waals surface area (Å²) in [6, 6.07) is 15.3. The van der Waals surface area contributed by atoms with Crippen molar-refractivity contribution in [3.05, 3.63) is 71.8 Å². The Bertz CT molecular complexity index is 773. The largest absolute Gasteiger partial charge is 0.480 e. The van der Waals surface area contributed by atoms with Crippen molar-refractivity contribution in [2.24, 2.45) is 0 Å². The third kappa shape index (κ3) is 5.96. The third-order valence-electron chi connectivity index (χ3n) is 3.50. The molecule has 0 heterocycles. The molecule has 2 aromatic carbocycles. The number of nitrogens with one attached hydrogen (secondary N) is 2. The van der Waals surface area contributed by atoms with Gasteiger partial charge in [-0.05, 0) is 30.8 Å². The predicted molar refractivity (Wildman–Crippen MR) is 101 cm³/mol. The first-order chi connectivity index (χ1) is 12.9. The van der Waals surface area contributed by atoms with Crippen LogP contribution in [0.3, 0.4) is 0 Å². The summed E-state index contributed by atoms with van der Waals surface area (Å²) in [7, 11) is 0. The normalized spacial score (nSPS) is 12.5. The second-order valence-corrected chi connectivity index (χ2v) is 6.64. The zero-order valence-electron chi connectivity index (χ0n) is 14.4. The van der Waals surface area contributed by atoms with Crippen LogP contribution in [-0.4, -0.2) is 39.4 Å². The topological polar surface area (TPSA) is 113 Å². The number of rotatable bonds is 7. The van der Waals surface area contributed by atoms with Crippen molar-refractivity contribution in [3.8, 4) is 0 Å². The molecule has 27 heavy (non-hydrogen) atoms. The monoisotopic (exact) mass is 386 g/mol. The van der Waals surface area contributed by atoms with Crippen molar-refractivity contribution in [2.75, 3.05) is 0 Å². The van der Waals surface area contributed by atoms with E-state index in [1.54, 1.807) is 60.7 Å². The van der Waals surface area contributed by atoms with Gasteiger partial charge in [-0.3, -0.25) is 19.2 Å². The summed E-state index contributed by atoms with van der Waals surface area (Å²) < 4.78 is 0. The van der Waals surface area contributed by atoms with Crippen LogP contribution in [0.4, 0.5) is 0 Å². The summed E-state index contributed by atoms with van der Waals surface area (Å²) in [4.78, 5) is 48.2. The summed E-state index contributed by atoms with van der Waals surface area (Å²) in [5.41, 5.74) is 0.676. The molecule has 8 heteroatoms. The lowest BCUT2D eigenvalue weighted by Crippen LogP contribution is -2.49. The van der Waals surface area contributed by atoms with Crippen molar-refractivity contribution in [2.45, 2.75) is 18.3 Å². The first kappa shape index (κ1) is 20.2. The van der Waals surface area contributed by atoms with E-state index in [4.69, 9.17) is 5.11 Å². The fourth-order valence-electron chi connectivity index (χ4n) is 2.04. The van der Waals surface area contributed by atoms with Gasteiger partial charge in [-0.25, -0.2) is 0 Å². The van der Waals surface area contributed by atoms with E-state index in [0.29, 0.717) is 22.9 Å². The molecule has 0 saturated carbocycles. The molecule has 2 aromatic rings. The minimum absolute atomic E-state index is 0.314. The van der Waals surface area contributed by atoms with E-state index in [-0.39, 0.29) is 0 Å². The number of aliphatic carboxylic acids is 1. The van der Waals surface area contributed by atoms with Gasteiger partial charge in [0.25, 0.3) is 11.8 Å². The second-order valence-electron chi connectivity index (χ2n) is 5.56. The zero-order valence-corrected chi connectivity index (χ0v) is 15.2. The van der Waals surface area contributed by atoms with Crippen molar-refractivity contribution in [1.82, 2.24) is 10.6 Å². The number of amides is 2. The predicted octanol–water partition coefficient (Wildman–Crippen LogP) is 1.91. The van der Waals surface area contributed by atoms with Gasteiger partial charge < -0.3 is 15.7 Å².